The quantitative estimate of drug-likeness (QED) is 0.671. The van der Waals surface area contributed by atoms with Crippen LogP contribution in [-0.2, 0) is 0 Å². The number of ether oxygens (including phenoxy) is 1. The van der Waals surface area contributed by atoms with Gasteiger partial charge in [-0.2, -0.15) is 0 Å². The number of likely N-dealkylation sites (tertiary alicyclic amines) is 1. The third-order valence-electron chi connectivity index (χ3n) is 4.45. The van der Waals surface area contributed by atoms with Crippen LogP contribution in [0.4, 0.5) is 0 Å². The number of benzene rings is 1. The molecule has 0 radical (unpaired) electrons. The maximum Gasteiger partial charge on any atom is 0.119 e. The summed E-state index contributed by atoms with van der Waals surface area (Å²) in [5, 5.41) is 0. The minimum absolute atomic E-state index is 0.587. The molecule has 2 nitrogen and oxygen atoms in total. The average molecular weight is 289 g/mol. The molecule has 2 heteroatoms. The van der Waals surface area contributed by atoms with Gasteiger partial charge in [0.05, 0.1) is 6.61 Å². The zero-order chi connectivity index (χ0) is 15.1. The van der Waals surface area contributed by atoms with Crippen molar-refractivity contribution in [1.29, 1.82) is 0 Å². The molecule has 0 amide bonds. The van der Waals surface area contributed by atoms with E-state index in [0.29, 0.717) is 5.92 Å². The highest BCUT2D eigenvalue weighted by atomic mass is 16.5. The fourth-order valence-corrected chi connectivity index (χ4v) is 3.20. The Labute approximate surface area is 130 Å². The molecule has 1 aliphatic heterocycles. The predicted molar refractivity (Wildman–Crippen MR) is 90.3 cm³/mol. The Bertz CT molecular complexity index is 422. The van der Waals surface area contributed by atoms with Gasteiger partial charge in [-0.05, 0) is 81.4 Å². The summed E-state index contributed by atoms with van der Waals surface area (Å²) in [5.74, 6) is 1.61. The summed E-state index contributed by atoms with van der Waals surface area (Å²) < 4.78 is 5.89. The van der Waals surface area contributed by atoms with Crippen molar-refractivity contribution in [3.05, 3.63) is 29.3 Å². The highest BCUT2D eigenvalue weighted by Gasteiger charge is 2.09. The van der Waals surface area contributed by atoms with Crippen molar-refractivity contribution in [3.8, 4) is 5.75 Å². The molecule has 0 atom stereocenters. The smallest absolute Gasteiger partial charge is 0.119 e. The second kappa shape index (κ2) is 8.43. The van der Waals surface area contributed by atoms with E-state index in [-0.39, 0.29) is 0 Å². The van der Waals surface area contributed by atoms with Gasteiger partial charge in [-0.15, -0.1) is 0 Å². The van der Waals surface area contributed by atoms with Crippen LogP contribution in [0, 0.1) is 6.92 Å². The summed E-state index contributed by atoms with van der Waals surface area (Å²) in [6.07, 6.45) is 6.60. The molecule has 21 heavy (non-hydrogen) atoms. The molecule has 1 heterocycles. The fraction of sp³-hybridized carbons (Fsp3) is 0.684. The number of aryl methyl sites for hydroxylation is 1. The summed E-state index contributed by atoms with van der Waals surface area (Å²) in [5.41, 5.74) is 2.77. The van der Waals surface area contributed by atoms with E-state index < -0.39 is 0 Å². The van der Waals surface area contributed by atoms with Gasteiger partial charge in [0.2, 0.25) is 0 Å². The number of nitrogens with zero attached hydrogens (tertiary/aromatic N) is 1. The van der Waals surface area contributed by atoms with Crippen LogP contribution >= 0.6 is 0 Å². The third kappa shape index (κ3) is 5.35. The standard InChI is InChI=1S/C19H31NO/c1-16(2)19-10-9-18(15-17(19)3)21-14-8-7-13-20-11-5-4-6-12-20/h9-10,15-16H,4-8,11-14H2,1-3H3. The van der Waals surface area contributed by atoms with Gasteiger partial charge in [-0.25, -0.2) is 0 Å². The Kier molecular flexibility index (Phi) is 6.56. The molecule has 1 aromatic rings. The summed E-state index contributed by atoms with van der Waals surface area (Å²) >= 11 is 0. The zero-order valence-corrected chi connectivity index (χ0v) is 14.0. The van der Waals surface area contributed by atoms with E-state index >= 15 is 0 Å². The number of rotatable bonds is 7. The van der Waals surface area contributed by atoms with Gasteiger partial charge in [-0.3, -0.25) is 0 Å². The molecular weight excluding hydrogens is 258 g/mol. The van der Waals surface area contributed by atoms with Gasteiger partial charge in [-0.1, -0.05) is 26.3 Å². The van der Waals surface area contributed by atoms with Gasteiger partial charge in [0.25, 0.3) is 0 Å². The van der Waals surface area contributed by atoms with Crippen molar-refractivity contribution in [2.75, 3.05) is 26.2 Å². The Morgan fingerprint density at radius 2 is 1.86 bits per heavy atom. The molecule has 0 N–H and O–H groups in total. The van der Waals surface area contributed by atoms with Crippen molar-refractivity contribution in [2.45, 2.75) is 58.8 Å². The minimum atomic E-state index is 0.587. The van der Waals surface area contributed by atoms with E-state index in [0.717, 1.165) is 18.8 Å². The molecule has 0 spiro atoms. The van der Waals surface area contributed by atoms with Crippen LogP contribution in [0.5, 0.6) is 5.75 Å². The monoisotopic (exact) mass is 289 g/mol. The van der Waals surface area contributed by atoms with Crippen LogP contribution in [0.15, 0.2) is 18.2 Å². The molecule has 1 aliphatic rings. The summed E-state index contributed by atoms with van der Waals surface area (Å²) in [7, 11) is 0. The molecular formula is C19H31NO. The van der Waals surface area contributed by atoms with E-state index in [1.165, 1.54) is 56.4 Å². The first-order valence-corrected chi connectivity index (χ1v) is 8.62. The average Bonchev–Trinajstić information content (AvgIpc) is 2.47. The topological polar surface area (TPSA) is 12.5 Å². The molecule has 0 aromatic heterocycles. The number of unbranched alkanes of at least 4 members (excludes halogenated alkanes) is 1. The van der Waals surface area contributed by atoms with Crippen LogP contribution in [-0.4, -0.2) is 31.1 Å². The van der Waals surface area contributed by atoms with Gasteiger partial charge >= 0.3 is 0 Å². The Hall–Kier alpha value is -1.02. The first-order valence-electron chi connectivity index (χ1n) is 8.62. The van der Waals surface area contributed by atoms with Gasteiger partial charge < -0.3 is 9.64 Å². The number of piperidine rings is 1. The molecule has 1 fully saturated rings. The van der Waals surface area contributed by atoms with Gasteiger partial charge in [0.1, 0.15) is 5.75 Å². The molecule has 2 rings (SSSR count). The van der Waals surface area contributed by atoms with Gasteiger partial charge in [0.15, 0.2) is 0 Å². The van der Waals surface area contributed by atoms with E-state index in [2.05, 4.69) is 43.9 Å². The van der Waals surface area contributed by atoms with Gasteiger partial charge in [0, 0.05) is 0 Å². The maximum atomic E-state index is 5.89. The summed E-state index contributed by atoms with van der Waals surface area (Å²) in [4.78, 5) is 2.60. The van der Waals surface area contributed by atoms with E-state index in [4.69, 9.17) is 4.74 Å². The summed E-state index contributed by atoms with van der Waals surface area (Å²) in [6.45, 7) is 11.3. The Morgan fingerprint density at radius 3 is 2.52 bits per heavy atom. The number of hydrogen-bond donors (Lipinski definition) is 0. The van der Waals surface area contributed by atoms with E-state index in [1.807, 2.05) is 0 Å². The Morgan fingerprint density at radius 1 is 1.10 bits per heavy atom. The van der Waals surface area contributed by atoms with Crippen molar-refractivity contribution >= 4 is 0 Å². The van der Waals surface area contributed by atoms with Crippen LogP contribution < -0.4 is 4.74 Å². The van der Waals surface area contributed by atoms with Crippen LogP contribution in [0.25, 0.3) is 0 Å². The second-order valence-electron chi connectivity index (χ2n) is 6.63. The lowest BCUT2D eigenvalue weighted by atomic mass is 9.98. The Balaban J connectivity index is 1.65. The largest absolute Gasteiger partial charge is 0.494 e. The highest BCUT2D eigenvalue weighted by Crippen LogP contribution is 2.23. The third-order valence-corrected chi connectivity index (χ3v) is 4.45. The lowest BCUT2D eigenvalue weighted by Gasteiger charge is -2.26. The van der Waals surface area contributed by atoms with Crippen LogP contribution in [0.1, 0.15) is 63.0 Å². The SMILES string of the molecule is Cc1cc(OCCCCN2CCCCC2)ccc1C(C)C. The van der Waals surface area contributed by atoms with Crippen LogP contribution in [0.3, 0.4) is 0 Å². The maximum absolute atomic E-state index is 5.89. The lowest BCUT2D eigenvalue weighted by Crippen LogP contribution is -2.30. The summed E-state index contributed by atoms with van der Waals surface area (Å²) in [6, 6.07) is 6.51. The van der Waals surface area contributed by atoms with Crippen molar-refractivity contribution in [1.82, 2.24) is 4.90 Å². The van der Waals surface area contributed by atoms with E-state index in [9.17, 15) is 0 Å². The van der Waals surface area contributed by atoms with Crippen molar-refractivity contribution < 1.29 is 4.74 Å². The molecule has 0 bridgehead atoms. The fourth-order valence-electron chi connectivity index (χ4n) is 3.20. The second-order valence-corrected chi connectivity index (χ2v) is 6.63. The predicted octanol–water partition coefficient (Wildman–Crippen LogP) is 4.76. The first kappa shape index (κ1) is 16.4. The lowest BCUT2D eigenvalue weighted by molar-refractivity contribution is 0.216. The number of hydrogen-bond acceptors (Lipinski definition) is 2. The molecule has 1 aromatic carbocycles. The molecule has 0 aliphatic carbocycles. The first-order chi connectivity index (χ1) is 10.2. The zero-order valence-electron chi connectivity index (χ0n) is 14.0. The molecule has 1 saturated heterocycles. The van der Waals surface area contributed by atoms with Crippen molar-refractivity contribution in [3.63, 3.8) is 0 Å². The molecule has 118 valence electrons. The molecule has 0 saturated carbocycles. The normalized spacial score (nSPS) is 16.4. The van der Waals surface area contributed by atoms with E-state index in [1.54, 1.807) is 0 Å². The van der Waals surface area contributed by atoms with Crippen molar-refractivity contribution in [2.24, 2.45) is 0 Å². The highest BCUT2D eigenvalue weighted by molar-refractivity contribution is 5.36. The minimum Gasteiger partial charge on any atom is -0.494 e. The van der Waals surface area contributed by atoms with Crippen LogP contribution in [0.2, 0.25) is 0 Å². The molecule has 0 unspecified atom stereocenters.